The van der Waals surface area contributed by atoms with E-state index in [-0.39, 0.29) is 11.6 Å². The quantitative estimate of drug-likeness (QED) is 0.567. The summed E-state index contributed by atoms with van der Waals surface area (Å²) in [4.78, 5) is 20.9. The Morgan fingerprint density at radius 3 is 2.48 bits per heavy atom. The maximum Gasteiger partial charge on any atom is 0.274 e. The molecule has 1 amide bonds. The van der Waals surface area contributed by atoms with Crippen LogP contribution in [0.3, 0.4) is 0 Å². The summed E-state index contributed by atoms with van der Waals surface area (Å²) in [5, 5.41) is 5.92. The number of nitrogens with one attached hydrogen (secondary N) is 2. The zero-order valence-corrected chi connectivity index (χ0v) is 16.7. The van der Waals surface area contributed by atoms with Crippen molar-refractivity contribution >= 4 is 17.5 Å². The molecule has 0 radical (unpaired) electrons. The van der Waals surface area contributed by atoms with Gasteiger partial charge < -0.3 is 20.1 Å². The van der Waals surface area contributed by atoms with Gasteiger partial charge in [-0.3, -0.25) is 4.79 Å². The van der Waals surface area contributed by atoms with E-state index in [0.717, 1.165) is 22.7 Å². The number of ether oxygens (including phenoxy) is 2. The van der Waals surface area contributed by atoms with E-state index in [1.54, 1.807) is 19.4 Å². The van der Waals surface area contributed by atoms with Crippen molar-refractivity contribution in [1.29, 1.82) is 0 Å². The minimum Gasteiger partial charge on any atom is -0.497 e. The molecule has 0 aliphatic carbocycles. The lowest BCUT2D eigenvalue weighted by Gasteiger charge is -2.10. The summed E-state index contributed by atoms with van der Waals surface area (Å²) in [6.07, 6.45) is 1.55. The van der Waals surface area contributed by atoms with Gasteiger partial charge in [-0.2, -0.15) is 0 Å². The molecule has 2 N–H and O–H groups in total. The number of benzene rings is 2. The van der Waals surface area contributed by atoms with Gasteiger partial charge in [0.2, 0.25) is 5.95 Å². The smallest absolute Gasteiger partial charge is 0.274 e. The lowest BCUT2D eigenvalue weighted by molar-refractivity contribution is 0.102. The third kappa shape index (κ3) is 5.68. The van der Waals surface area contributed by atoms with Gasteiger partial charge in [-0.05, 0) is 67.4 Å². The average molecular weight is 392 g/mol. The van der Waals surface area contributed by atoms with Crippen LogP contribution < -0.4 is 20.1 Å². The summed E-state index contributed by atoms with van der Waals surface area (Å²) < 4.78 is 10.8. The maximum atomic E-state index is 12.5. The Balaban J connectivity index is 1.51. The predicted molar refractivity (Wildman–Crippen MR) is 113 cm³/mol. The molecule has 0 saturated heterocycles. The molecule has 0 aliphatic heterocycles. The Morgan fingerprint density at radius 1 is 1.00 bits per heavy atom. The fourth-order valence-corrected chi connectivity index (χ4v) is 2.59. The van der Waals surface area contributed by atoms with E-state index < -0.39 is 0 Å². The Kier molecular flexibility index (Phi) is 6.63. The number of hydrogen-bond donors (Lipinski definition) is 2. The van der Waals surface area contributed by atoms with Gasteiger partial charge in [-0.25, -0.2) is 9.97 Å². The molecule has 0 aliphatic rings. The molecule has 0 fully saturated rings. The van der Waals surface area contributed by atoms with Crippen LogP contribution in [0.25, 0.3) is 0 Å². The van der Waals surface area contributed by atoms with Gasteiger partial charge in [0, 0.05) is 11.9 Å². The summed E-state index contributed by atoms with van der Waals surface area (Å²) in [7, 11) is 1.62. The van der Waals surface area contributed by atoms with Crippen molar-refractivity contribution < 1.29 is 14.3 Å². The van der Waals surface area contributed by atoms with Gasteiger partial charge >= 0.3 is 0 Å². The molecule has 1 heterocycles. The Bertz CT molecular complexity index is 974. The van der Waals surface area contributed by atoms with Crippen molar-refractivity contribution in [3.05, 3.63) is 71.5 Å². The predicted octanol–water partition coefficient (Wildman–Crippen LogP) is 3.85. The van der Waals surface area contributed by atoms with Crippen LogP contribution in [0.2, 0.25) is 0 Å². The molecule has 2 aromatic carbocycles. The molecule has 7 nitrogen and oxygen atoms in total. The number of hydrogen-bond acceptors (Lipinski definition) is 6. The monoisotopic (exact) mass is 392 g/mol. The van der Waals surface area contributed by atoms with Gasteiger partial charge in [0.05, 0.1) is 13.7 Å². The van der Waals surface area contributed by atoms with E-state index in [0.29, 0.717) is 19.1 Å². The third-order valence-electron chi connectivity index (χ3n) is 4.37. The van der Waals surface area contributed by atoms with Gasteiger partial charge in [0.15, 0.2) is 0 Å². The second-order valence-electron chi connectivity index (χ2n) is 6.47. The fourth-order valence-electron chi connectivity index (χ4n) is 2.59. The van der Waals surface area contributed by atoms with E-state index in [4.69, 9.17) is 9.47 Å². The highest BCUT2D eigenvalue weighted by Gasteiger charge is 2.10. The van der Waals surface area contributed by atoms with Crippen LogP contribution in [0, 0.1) is 13.8 Å². The second-order valence-corrected chi connectivity index (χ2v) is 6.47. The fraction of sp³-hybridized carbons (Fsp3) is 0.227. The number of carbonyl (C=O) groups is 1. The molecule has 7 heteroatoms. The number of amides is 1. The number of anilines is 2. The number of nitrogens with zero attached hydrogens (tertiary/aromatic N) is 2. The highest BCUT2D eigenvalue weighted by atomic mass is 16.5. The number of carbonyl (C=O) groups excluding carboxylic acids is 1. The Hall–Kier alpha value is -3.61. The van der Waals surface area contributed by atoms with Crippen molar-refractivity contribution in [1.82, 2.24) is 9.97 Å². The van der Waals surface area contributed by atoms with Crippen molar-refractivity contribution in [2.45, 2.75) is 13.8 Å². The Morgan fingerprint density at radius 2 is 1.76 bits per heavy atom. The molecular formula is C22H24N4O3. The summed E-state index contributed by atoms with van der Waals surface area (Å²) in [5.74, 6) is 1.61. The largest absolute Gasteiger partial charge is 0.497 e. The third-order valence-corrected chi connectivity index (χ3v) is 4.37. The molecule has 0 bridgehead atoms. The van der Waals surface area contributed by atoms with E-state index in [1.165, 1.54) is 5.56 Å². The zero-order chi connectivity index (χ0) is 20.6. The number of rotatable bonds is 8. The molecule has 150 valence electrons. The highest BCUT2D eigenvalue weighted by Crippen LogP contribution is 2.17. The standard InChI is InChI=1S/C22H24N4O3/c1-15-4-5-17(14-16(15)2)25-21(27)20-10-11-23-22(26-20)24-12-13-29-19-8-6-18(28-3)7-9-19/h4-11,14H,12-13H2,1-3H3,(H,25,27)(H,23,24,26). The normalized spacial score (nSPS) is 10.3. The van der Waals surface area contributed by atoms with E-state index in [2.05, 4.69) is 20.6 Å². The van der Waals surface area contributed by atoms with Gasteiger partial charge in [-0.1, -0.05) is 6.07 Å². The number of aromatic nitrogens is 2. The molecule has 0 unspecified atom stereocenters. The SMILES string of the molecule is COc1ccc(OCCNc2nccc(C(=O)Nc3ccc(C)c(C)c3)n2)cc1. The first kappa shape index (κ1) is 20.1. The first-order valence-electron chi connectivity index (χ1n) is 9.27. The van der Waals surface area contributed by atoms with Gasteiger partial charge in [0.1, 0.15) is 23.8 Å². The van der Waals surface area contributed by atoms with Crippen molar-refractivity contribution in [2.75, 3.05) is 30.9 Å². The molecule has 0 atom stereocenters. The lowest BCUT2D eigenvalue weighted by atomic mass is 10.1. The number of methoxy groups -OCH3 is 1. The lowest BCUT2D eigenvalue weighted by Crippen LogP contribution is -2.17. The van der Waals surface area contributed by atoms with Gasteiger partial charge in [0.25, 0.3) is 5.91 Å². The van der Waals surface area contributed by atoms with Gasteiger partial charge in [-0.15, -0.1) is 0 Å². The molecule has 1 aromatic heterocycles. The van der Waals surface area contributed by atoms with E-state index in [1.807, 2.05) is 56.3 Å². The zero-order valence-electron chi connectivity index (χ0n) is 16.7. The van der Waals surface area contributed by atoms with Crippen molar-refractivity contribution in [2.24, 2.45) is 0 Å². The van der Waals surface area contributed by atoms with Crippen LogP contribution in [0.15, 0.2) is 54.7 Å². The summed E-state index contributed by atoms with van der Waals surface area (Å²) in [5.41, 5.74) is 3.31. The first-order chi connectivity index (χ1) is 14.0. The highest BCUT2D eigenvalue weighted by molar-refractivity contribution is 6.03. The molecule has 0 spiro atoms. The Labute approximate surface area is 170 Å². The number of aryl methyl sites for hydroxylation is 2. The van der Waals surface area contributed by atoms with Crippen LogP contribution in [-0.2, 0) is 0 Å². The summed E-state index contributed by atoms with van der Waals surface area (Å²) in [6.45, 7) is 4.95. The minimum absolute atomic E-state index is 0.284. The van der Waals surface area contributed by atoms with Crippen LogP contribution in [0.1, 0.15) is 21.6 Å². The van der Waals surface area contributed by atoms with Crippen LogP contribution in [0.4, 0.5) is 11.6 Å². The molecular weight excluding hydrogens is 368 g/mol. The van der Waals surface area contributed by atoms with Crippen molar-refractivity contribution in [3.63, 3.8) is 0 Å². The molecule has 0 saturated carbocycles. The van der Waals surface area contributed by atoms with E-state index >= 15 is 0 Å². The summed E-state index contributed by atoms with van der Waals surface area (Å²) in [6, 6.07) is 14.7. The molecule has 3 aromatic rings. The summed E-state index contributed by atoms with van der Waals surface area (Å²) >= 11 is 0. The average Bonchev–Trinajstić information content (AvgIpc) is 2.74. The van der Waals surface area contributed by atoms with Crippen molar-refractivity contribution in [3.8, 4) is 11.5 Å². The topological polar surface area (TPSA) is 85.4 Å². The molecule has 3 rings (SSSR count). The van der Waals surface area contributed by atoms with Crippen LogP contribution in [-0.4, -0.2) is 36.1 Å². The van der Waals surface area contributed by atoms with Crippen LogP contribution in [0.5, 0.6) is 11.5 Å². The van der Waals surface area contributed by atoms with Crippen LogP contribution >= 0.6 is 0 Å². The maximum absolute atomic E-state index is 12.5. The van der Waals surface area contributed by atoms with E-state index in [9.17, 15) is 4.79 Å². The second kappa shape index (κ2) is 9.54. The molecule has 29 heavy (non-hydrogen) atoms. The first-order valence-corrected chi connectivity index (χ1v) is 9.27. The minimum atomic E-state index is -0.284.